The third-order valence-electron chi connectivity index (χ3n) is 5.44. The van der Waals surface area contributed by atoms with Gasteiger partial charge in [-0.3, -0.25) is 10.2 Å². The van der Waals surface area contributed by atoms with Crippen molar-refractivity contribution < 1.29 is 9.53 Å². The molecular formula is C22H21N5O2. The van der Waals surface area contributed by atoms with Crippen molar-refractivity contribution in [1.82, 2.24) is 9.97 Å². The summed E-state index contributed by atoms with van der Waals surface area (Å²) in [4.78, 5) is 26.4. The van der Waals surface area contributed by atoms with Crippen LogP contribution in [0.5, 0.6) is 5.75 Å². The van der Waals surface area contributed by atoms with Crippen molar-refractivity contribution in [2.45, 2.75) is 12.5 Å². The van der Waals surface area contributed by atoms with Crippen molar-refractivity contribution in [1.29, 1.82) is 0 Å². The first-order chi connectivity index (χ1) is 14.2. The molecule has 7 nitrogen and oxygen atoms in total. The highest BCUT2D eigenvalue weighted by Gasteiger charge is 2.40. The van der Waals surface area contributed by atoms with Gasteiger partial charge in [0.15, 0.2) is 5.82 Å². The summed E-state index contributed by atoms with van der Waals surface area (Å²) >= 11 is 0. The van der Waals surface area contributed by atoms with E-state index in [0.717, 1.165) is 42.2 Å². The molecule has 1 saturated heterocycles. The molecule has 1 aromatic carbocycles. The number of hydrogen-bond donors (Lipinski definition) is 1. The number of methoxy groups -OCH3 is 1. The predicted octanol–water partition coefficient (Wildman–Crippen LogP) is 3.78. The van der Waals surface area contributed by atoms with E-state index < -0.39 is 0 Å². The second-order valence-electron chi connectivity index (χ2n) is 7.17. The van der Waals surface area contributed by atoms with E-state index in [1.807, 2.05) is 42.5 Å². The number of anilines is 3. The highest BCUT2D eigenvalue weighted by atomic mass is 16.5. The van der Waals surface area contributed by atoms with Crippen LogP contribution in [0.25, 0.3) is 11.3 Å². The molecule has 1 atom stereocenters. The summed E-state index contributed by atoms with van der Waals surface area (Å²) in [6, 6.07) is 17.2. The van der Waals surface area contributed by atoms with Gasteiger partial charge < -0.3 is 9.64 Å². The number of ether oxygens (including phenoxy) is 1. The van der Waals surface area contributed by atoms with Gasteiger partial charge in [0.1, 0.15) is 11.6 Å². The fourth-order valence-electron chi connectivity index (χ4n) is 4.02. The standard InChI is InChI=1S/C22H21N5O2/c1-29-17-6-4-5-15(13-17)18-8-9-19-21(24-18)27(16-10-12-26(19)14-16)22(28)25-20-7-2-3-11-23-20/h2-9,11,13,16H,10,12,14H2,1H3,(H,23,25,28)/t16-/m1/s1. The molecule has 0 spiro atoms. The van der Waals surface area contributed by atoms with Crippen molar-refractivity contribution in [3.05, 3.63) is 60.8 Å². The monoisotopic (exact) mass is 387 g/mol. The summed E-state index contributed by atoms with van der Waals surface area (Å²) in [5, 5.41) is 2.91. The summed E-state index contributed by atoms with van der Waals surface area (Å²) in [7, 11) is 1.65. The van der Waals surface area contributed by atoms with Crippen LogP contribution >= 0.6 is 0 Å². The average Bonchev–Trinajstić information content (AvgIpc) is 3.18. The number of amides is 2. The molecule has 3 aromatic rings. The summed E-state index contributed by atoms with van der Waals surface area (Å²) < 4.78 is 5.34. The summed E-state index contributed by atoms with van der Waals surface area (Å²) in [6.07, 6.45) is 2.58. The van der Waals surface area contributed by atoms with Crippen LogP contribution in [-0.2, 0) is 0 Å². The first-order valence-electron chi connectivity index (χ1n) is 9.64. The number of pyridine rings is 2. The number of carbonyl (C=O) groups is 1. The second kappa shape index (κ2) is 7.09. The fraction of sp³-hybridized carbons (Fsp3) is 0.227. The Hall–Kier alpha value is -3.61. The molecular weight excluding hydrogens is 366 g/mol. The molecule has 2 aliphatic heterocycles. The zero-order valence-electron chi connectivity index (χ0n) is 16.1. The van der Waals surface area contributed by atoms with Crippen LogP contribution in [-0.4, -0.2) is 42.2 Å². The van der Waals surface area contributed by atoms with E-state index in [4.69, 9.17) is 9.72 Å². The van der Waals surface area contributed by atoms with Crippen molar-refractivity contribution in [3.63, 3.8) is 0 Å². The third-order valence-corrected chi connectivity index (χ3v) is 5.44. The van der Waals surface area contributed by atoms with E-state index in [-0.39, 0.29) is 12.1 Å². The summed E-state index contributed by atoms with van der Waals surface area (Å²) in [5.74, 6) is 1.99. The minimum atomic E-state index is -0.202. The number of fused-ring (bicyclic) bond motifs is 4. The van der Waals surface area contributed by atoms with Gasteiger partial charge in [-0.05, 0) is 42.8 Å². The largest absolute Gasteiger partial charge is 0.497 e. The maximum atomic E-state index is 13.2. The van der Waals surface area contributed by atoms with Gasteiger partial charge in [-0.25, -0.2) is 14.8 Å². The lowest BCUT2D eigenvalue weighted by atomic mass is 10.1. The Morgan fingerprint density at radius 3 is 2.93 bits per heavy atom. The molecule has 2 amide bonds. The highest BCUT2D eigenvalue weighted by Crippen LogP contribution is 2.40. The van der Waals surface area contributed by atoms with Crippen molar-refractivity contribution >= 4 is 23.4 Å². The van der Waals surface area contributed by atoms with E-state index >= 15 is 0 Å². The molecule has 0 radical (unpaired) electrons. The normalized spacial score (nSPS) is 17.1. The van der Waals surface area contributed by atoms with E-state index in [9.17, 15) is 4.79 Å². The van der Waals surface area contributed by atoms with Gasteiger partial charge in [0, 0.05) is 24.8 Å². The number of benzene rings is 1. The van der Waals surface area contributed by atoms with E-state index in [1.165, 1.54) is 0 Å². The molecule has 5 rings (SSSR count). The Morgan fingerprint density at radius 1 is 1.17 bits per heavy atom. The van der Waals surface area contributed by atoms with E-state index in [2.05, 4.69) is 21.3 Å². The lowest BCUT2D eigenvalue weighted by molar-refractivity contribution is 0.254. The van der Waals surface area contributed by atoms with Crippen molar-refractivity contribution in [2.75, 3.05) is 35.3 Å². The second-order valence-corrected chi connectivity index (χ2v) is 7.17. The van der Waals surface area contributed by atoms with Gasteiger partial charge in [-0.2, -0.15) is 0 Å². The Labute approximate surface area is 169 Å². The fourth-order valence-corrected chi connectivity index (χ4v) is 4.02. The molecule has 7 heteroatoms. The number of rotatable bonds is 3. The molecule has 0 aliphatic carbocycles. The van der Waals surface area contributed by atoms with Gasteiger partial charge >= 0.3 is 6.03 Å². The molecule has 0 unspecified atom stereocenters. The minimum Gasteiger partial charge on any atom is -0.497 e. The quantitative estimate of drug-likeness (QED) is 0.741. The highest BCUT2D eigenvalue weighted by molar-refractivity contribution is 6.04. The average molecular weight is 387 g/mol. The lowest BCUT2D eigenvalue weighted by Gasteiger charge is -2.35. The van der Waals surface area contributed by atoms with Crippen LogP contribution in [0.1, 0.15) is 6.42 Å². The van der Waals surface area contributed by atoms with Gasteiger partial charge in [-0.1, -0.05) is 18.2 Å². The number of aromatic nitrogens is 2. The number of nitrogens with one attached hydrogen (secondary N) is 1. The van der Waals surface area contributed by atoms with Gasteiger partial charge in [0.25, 0.3) is 0 Å². The molecule has 2 aliphatic rings. The van der Waals surface area contributed by atoms with Crippen molar-refractivity contribution in [3.8, 4) is 17.0 Å². The molecule has 0 saturated carbocycles. The number of nitrogens with zero attached hydrogens (tertiary/aromatic N) is 4. The van der Waals surface area contributed by atoms with Crippen LogP contribution in [0.3, 0.4) is 0 Å². The third kappa shape index (κ3) is 3.14. The first kappa shape index (κ1) is 17.5. The molecule has 29 heavy (non-hydrogen) atoms. The Balaban J connectivity index is 1.54. The molecule has 2 aromatic heterocycles. The van der Waals surface area contributed by atoms with Gasteiger partial charge in [0.05, 0.1) is 24.5 Å². The van der Waals surface area contributed by atoms with E-state index in [0.29, 0.717) is 11.6 Å². The molecule has 1 fully saturated rings. The van der Waals surface area contributed by atoms with Gasteiger partial charge in [0.2, 0.25) is 0 Å². The summed E-state index contributed by atoms with van der Waals surface area (Å²) in [5.41, 5.74) is 2.74. The zero-order chi connectivity index (χ0) is 19.8. The molecule has 1 N–H and O–H groups in total. The molecule has 146 valence electrons. The maximum absolute atomic E-state index is 13.2. The number of carbonyl (C=O) groups excluding carboxylic acids is 1. The van der Waals surface area contributed by atoms with Crippen LogP contribution in [0, 0.1) is 0 Å². The number of urea groups is 1. The predicted molar refractivity (Wildman–Crippen MR) is 113 cm³/mol. The summed E-state index contributed by atoms with van der Waals surface area (Å²) in [6.45, 7) is 1.74. The number of hydrogen-bond acceptors (Lipinski definition) is 5. The SMILES string of the molecule is COc1cccc(-c2ccc3c(n2)N(C(=O)Nc2ccccn2)[C@@H]2CCN3C2)c1. The van der Waals surface area contributed by atoms with Crippen LogP contribution in [0.2, 0.25) is 0 Å². The molecule has 4 heterocycles. The van der Waals surface area contributed by atoms with Crippen LogP contribution < -0.4 is 19.9 Å². The Morgan fingerprint density at radius 2 is 2.10 bits per heavy atom. The molecule has 2 bridgehead atoms. The van der Waals surface area contributed by atoms with Crippen LogP contribution in [0.4, 0.5) is 22.1 Å². The minimum absolute atomic E-state index is 0.0965. The van der Waals surface area contributed by atoms with Crippen LogP contribution in [0.15, 0.2) is 60.8 Å². The Kier molecular flexibility index (Phi) is 4.27. The van der Waals surface area contributed by atoms with Crippen molar-refractivity contribution in [2.24, 2.45) is 0 Å². The van der Waals surface area contributed by atoms with E-state index in [1.54, 1.807) is 24.3 Å². The van der Waals surface area contributed by atoms with Gasteiger partial charge in [-0.15, -0.1) is 0 Å². The first-order valence-corrected chi connectivity index (χ1v) is 9.64. The topological polar surface area (TPSA) is 70.6 Å². The Bertz CT molecular complexity index is 1060. The zero-order valence-corrected chi connectivity index (χ0v) is 16.1. The maximum Gasteiger partial charge on any atom is 0.329 e. The lowest BCUT2D eigenvalue weighted by Crippen LogP contribution is -2.48. The smallest absolute Gasteiger partial charge is 0.329 e.